The van der Waals surface area contributed by atoms with Gasteiger partial charge in [0, 0.05) is 12.1 Å². The number of carbonyl (C=O) groups is 2. The highest BCUT2D eigenvalue weighted by Gasteiger charge is 2.10. The lowest BCUT2D eigenvalue weighted by Gasteiger charge is -2.09. The van der Waals surface area contributed by atoms with Crippen LogP contribution in [-0.4, -0.2) is 24.1 Å². The van der Waals surface area contributed by atoms with Gasteiger partial charge in [-0.1, -0.05) is 31.8 Å². The molecule has 0 bridgehead atoms. The maximum absolute atomic E-state index is 12.0. The summed E-state index contributed by atoms with van der Waals surface area (Å²) in [6.07, 6.45) is 10.1. The molecule has 0 aliphatic carbocycles. The molecular formula is C20H29NO4. The zero-order chi connectivity index (χ0) is 18.5. The summed E-state index contributed by atoms with van der Waals surface area (Å²) in [7, 11) is 1.30. The quantitative estimate of drug-likeness (QED) is 0.337. The van der Waals surface area contributed by atoms with E-state index in [9.17, 15) is 14.7 Å². The summed E-state index contributed by atoms with van der Waals surface area (Å²) in [6.45, 7) is 3.50. The minimum atomic E-state index is -0.498. The minimum Gasteiger partial charge on any atom is -0.465 e. The number of rotatable bonds is 12. The van der Waals surface area contributed by atoms with Gasteiger partial charge in [0.1, 0.15) is 0 Å². The monoisotopic (exact) mass is 347 g/mol. The SMILES string of the molecule is C=CCCCCCCCCC(=O)Nc1cc(CO)cc(C(=O)OC)c1. The Labute approximate surface area is 150 Å². The van der Waals surface area contributed by atoms with Gasteiger partial charge in [0.05, 0.1) is 19.3 Å². The molecule has 0 saturated heterocycles. The molecule has 1 aromatic rings. The van der Waals surface area contributed by atoms with Crippen molar-refractivity contribution in [2.75, 3.05) is 12.4 Å². The van der Waals surface area contributed by atoms with Crippen LogP contribution in [0.4, 0.5) is 5.69 Å². The van der Waals surface area contributed by atoms with Crippen molar-refractivity contribution < 1.29 is 19.4 Å². The van der Waals surface area contributed by atoms with Gasteiger partial charge < -0.3 is 15.2 Å². The van der Waals surface area contributed by atoms with Crippen LogP contribution in [0, 0.1) is 0 Å². The van der Waals surface area contributed by atoms with Gasteiger partial charge in [0.25, 0.3) is 0 Å². The molecule has 0 unspecified atom stereocenters. The summed E-state index contributed by atoms with van der Waals surface area (Å²) in [5.41, 5.74) is 1.36. The summed E-state index contributed by atoms with van der Waals surface area (Å²) in [6, 6.07) is 4.76. The first-order valence-electron chi connectivity index (χ1n) is 8.84. The predicted molar refractivity (Wildman–Crippen MR) is 99.5 cm³/mol. The fourth-order valence-electron chi connectivity index (χ4n) is 2.60. The first-order chi connectivity index (χ1) is 12.1. The highest BCUT2D eigenvalue weighted by molar-refractivity contribution is 5.94. The molecule has 0 fully saturated rings. The van der Waals surface area contributed by atoms with E-state index in [0.29, 0.717) is 23.2 Å². The molecule has 0 heterocycles. The van der Waals surface area contributed by atoms with Gasteiger partial charge in [-0.25, -0.2) is 4.79 Å². The van der Waals surface area contributed by atoms with Crippen molar-refractivity contribution in [3.05, 3.63) is 42.0 Å². The largest absolute Gasteiger partial charge is 0.465 e. The number of aliphatic hydroxyl groups excluding tert-OH is 1. The van der Waals surface area contributed by atoms with Crippen molar-refractivity contribution in [3.8, 4) is 0 Å². The van der Waals surface area contributed by atoms with E-state index < -0.39 is 5.97 Å². The molecule has 0 aliphatic rings. The Morgan fingerprint density at radius 3 is 2.44 bits per heavy atom. The number of anilines is 1. The molecule has 1 amide bonds. The van der Waals surface area contributed by atoms with Gasteiger partial charge in [0.2, 0.25) is 5.91 Å². The molecule has 0 atom stereocenters. The number of carbonyl (C=O) groups excluding carboxylic acids is 2. The molecule has 5 heteroatoms. The van der Waals surface area contributed by atoms with Gasteiger partial charge in [-0.3, -0.25) is 4.79 Å². The van der Waals surface area contributed by atoms with Crippen molar-refractivity contribution in [3.63, 3.8) is 0 Å². The number of ether oxygens (including phenoxy) is 1. The van der Waals surface area contributed by atoms with Crippen LogP contribution in [0.2, 0.25) is 0 Å². The number of esters is 1. The van der Waals surface area contributed by atoms with Crippen LogP contribution in [0.15, 0.2) is 30.9 Å². The maximum atomic E-state index is 12.0. The van der Waals surface area contributed by atoms with Gasteiger partial charge in [0.15, 0.2) is 0 Å². The molecule has 0 saturated carbocycles. The average Bonchev–Trinajstić information content (AvgIpc) is 2.62. The second-order valence-electron chi connectivity index (χ2n) is 6.07. The molecule has 0 radical (unpaired) electrons. The lowest BCUT2D eigenvalue weighted by Crippen LogP contribution is -2.12. The normalized spacial score (nSPS) is 10.3. The van der Waals surface area contributed by atoms with Crippen molar-refractivity contribution in [1.82, 2.24) is 0 Å². The summed E-state index contributed by atoms with van der Waals surface area (Å²) in [5.74, 6) is -0.584. The first kappa shape index (κ1) is 20.9. The molecule has 0 aliphatic heterocycles. The molecular weight excluding hydrogens is 318 g/mol. The van der Waals surface area contributed by atoms with Gasteiger partial charge in [-0.15, -0.1) is 6.58 Å². The number of amides is 1. The van der Waals surface area contributed by atoms with E-state index in [0.717, 1.165) is 25.7 Å². The Bertz CT molecular complexity index is 569. The Morgan fingerprint density at radius 1 is 1.12 bits per heavy atom. The van der Waals surface area contributed by atoms with Gasteiger partial charge in [-0.05, 0) is 43.0 Å². The van der Waals surface area contributed by atoms with Crippen molar-refractivity contribution in [2.24, 2.45) is 0 Å². The van der Waals surface area contributed by atoms with Crippen LogP contribution in [-0.2, 0) is 16.1 Å². The third kappa shape index (κ3) is 8.49. The highest BCUT2D eigenvalue weighted by atomic mass is 16.5. The van der Waals surface area contributed by atoms with Gasteiger partial charge in [-0.2, -0.15) is 0 Å². The van der Waals surface area contributed by atoms with E-state index in [1.54, 1.807) is 18.2 Å². The molecule has 0 spiro atoms. The maximum Gasteiger partial charge on any atom is 0.337 e. The van der Waals surface area contributed by atoms with E-state index in [1.165, 1.54) is 26.4 Å². The number of unbranched alkanes of at least 4 members (excludes halogenated alkanes) is 6. The van der Waals surface area contributed by atoms with Gasteiger partial charge >= 0.3 is 5.97 Å². The van der Waals surface area contributed by atoms with E-state index in [-0.39, 0.29) is 12.5 Å². The fraction of sp³-hybridized carbons (Fsp3) is 0.500. The van der Waals surface area contributed by atoms with Crippen LogP contribution < -0.4 is 5.32 Å². The lowest BCUT2D eigenvalue weighted by atomic mass is 10.1. The molecule has 1 aromatic carbocycles. The van der Waals surface area contributed by atoms with E-state index in [1.807, 2.05) is 6.08 Å². The number of allylic oxidation sites excluding steroid dienone is 1. The Balaban J connectivity index is 2.38. The molecule has 138 valence electrons. The highest BCUT2D eigenvalue weighted by Crippen LogP contribution is 2.17. The smallest absolute Gasteiger partial charge is 0.337 e. The standard InChI is InChI=1S/C20H29NO4/c1-3-4-5-6-7-8-9-10-11-19(23)21-18-13-16(15-22)12-17(14-18)20(24)25-2/h3,12-14,22H,1,4-11,15H2,2H3,(H,21,23). The average molecular weight is 347 g/mol. The van der Waals surface area contributed by atoms with Crippen LogP contribution in [0.3, 0.4) is 0 Å². The Kier molecular flexibility index (Phi) is 10.2. The lowest BCUT2D eigenvalue weighted by molar-refractivity contribution is -0.116. The number of hydrogen-bond donors (Lipinski definition) is 2. The minimum absolute atomic E-state index is 0.0856. The third-order valence-corrected chi connectivity index (χ3v) is 3.94. The summed E-state index contributed by atoms with van der Waals surface area (Å²) >= 11 is 0. The number of nitrogens with one attached hydrogen (secondary N) is 1. The fourth-order valence-corrected chi connectivity index (χ4v) is 2.60. The number of hydrogen-bond acceptors (Lipinski definition) is 4. The molecule has 1 rings (SSSR count). The van der Waals surface area contributed by atoms with Crippen LogP contribution in [0.25, 0.3) is 0 Å². The predicted octanol–water partition coefficient (Wildman–Crippen LogP) is 4.21. The summed E-state index contributed by atoms with van der Waals surface area (Å²) in [5, 5.41) is 12.1. The molecule has 2 N–H and O–H groups in total. The number of aliphatic hydroxyl groups is 1. The summed E-state index contributed by atoms with van der Waals surface area (Å²) in [4.78, 5) is 23.7. The molecule has 0 aromatic heterocycles. The van der Waals surface area contributed by atoms with Crippen molar-refractivity contribution in [2.45, 2.75) is 58.0 Å². The number of benzene rings is 1. The zero-order valence-electron chi connectivity index (χ0n) is 15.1. The van der Waals surface area contributed by atoms with Crippen molar-refractivity contribution >= 4 is 17.6 Å². The topological polar surface area (TPSA) is 75.6 Å². The van der Waals surface area contributed by atoms with E-state index in [4.69, 9.17) is 0 Å². The van der Waals surface area contributed by atoms with Crippen molar-refractivity contribution in [1.29, 1.82) is 0 Å². The Hall–Kier alpha value is -2.14. The summed E-state index contributed by atoms with van der Waals surface area (Å²) < 4.78 is 4.68. The van der Waals surface area contributed by atoms with Crippen LogP contribution in [0.1, 0.15) is 67.3 Å². The molecule has 25 heavy (non-hydrogen) atoms. The Morgan fingerprint density at radius 2 is 1.80 bits per heavy atom. The van der Waals surface area contributed by atoms with Crippen LogP contribution in [0.5, 0.6) is 0 Å². The second-order valence-corrected chi connectivity index (χ2v) is 6.07. The first-order valence-corrected chi connectivity index (χ1v) is 8.84. The van der Waals surface area contributed by atoms with E-state index in [2.05, 4.69) is 16.6 Å². The number of methoxy groups -OCH3 is 1. The molecule has 5 nitrogen and oxygen atoms in total. The zero-order valence-corrected chi connectivity index (χ0v) is 15.1. The van der Waals surface area contributed by atoms with Crippen LogP contribution >= 0.6 is 0 Å². The second kappa shape index (κ2) is 12.3. The van der Waals surface area contributed by atoms with E-state index >= 15 is 0 Å². The third-order valence-electron chi connectivity index (χ3n) is 3.94.